The molecule has 0 fully saturated rings. The molecule has 0 aliphatic carbocycles. The molecule has 0 saturated carbocycles. The van der Waals surface area contributed by atoms with Crippen LogP contribution >= 0.6 is 0 Å². The lowest BCUT2D eigenvalue weighted by atomic mass is 10.1. The fourth-order valence-electron chi connectivity index (χ4n) is 3.38. The fraction of sp³-hybridized carbons (Fsp3) is 0.300. The van der Waals surface area contributed by atoms with Gasteiger partial charge >= 0.3 is 0 Å². The number of hydrogen-bond acceptors (Lipinski definition) is 4. The maximum absolute atomic E-state index is 5.66. The lowest BCUT2D eigenvalue weighted by Crippen LogP contribution is -2.07. The normalized spacial score (nSPS) is 12.8. The predicted molar refractivity (Wildman–Crippen MR) is 101 cm³/mol. The van der Waals surface area contributed by atoms with Gasteiger partial charge in [0.1, 0.15) is 6.04 Å². The first-order valence-corrected chi connectivity index (χ1v) is 8.81. The minimum Gasteiger partial charge on any atom is -0.423 e. The summed E-state index contributed by atoms with van der Waals surface area (Å²) in [6.07, 6.45) is 0.752. The van der Waals surface area contributed by atoms with Crippen LogP contribution in [0.2, 0.25) is 0 Å². The Labute approximate surface area is 146 Å². The van der Waals surface area contributed by atoms with Crippen LogP contribution in [0.3, 0.4) is 0 Å². The molecule has 0 aliphatic rings. The fourth-order valence-corrected chi connectivity index (χ4v) is 3.38. The van der Waals surface area contributed by atoms with Gasteiger partial charge in [0.15, 0.2) is 0 Å². The topological polar surface area (TPSA) is 55.9 Å². The maximum Gasteiger partial charge on any atom is 0.238 e. The molecule has 4 aromatic rings. The zero-order chi connectivity index (χ0) is 17.4. The van der Waals surface area contributed by atoms with Crippen molar-refractivity contribution in [3.05, 3.63) is 54.2 Å². The first kappa shape index (κ1) is 15.7. The van der Waals surface area contributed by atoms with Gasteiger partial charge in [-0.1, -0.05) is 25.1 Å². The number of aromatic nitrogens is 3. The molecule has 1 atom stereocenters. The summed E-state index contributed by atoms with van der Waals surface area (Å²) in [5, 5.41) is 14.2. The number of rotatable bonds is 5. The molecule has 25 heavy (non-hydrogen) atoms. The molecule has 1 N–H and O–H groups in total. The monoisotopic (exact) mass is 334 g/mol. The zero-order valence-electron chi connectivity index (χ0n) is 14.8. The molecule has 0 bridgehead atoms. The summed E-state index contributed by atoms with van der Waals surface area (Å²) >= 11 is 0. The van der Waals surface area contributed by atoms with E-state index in [1.165, 1.54) is 21.8 Å². The quantitative estimate of drug-likeness (QED) is 0.562. The largest absolute Gasteiger partial charge is 0.423 e. The average Bonchev–Trinajstić information content (AvgIpc) is 3.24. The molecule has 0 radical (unpaired) electrons. The molecule has 128 valence electrons. The summed E-state index contributed by atoms with van der Waals surface area (Å²) in [6, 6.07) is 15.0. The standard InChI is InChI=1S/C20H22N4O/c1-4-19-22-23-20(25-19)13(3)21-14-10-11-18-16(12-14)15-8-6-7-9-17(15)24(18)5-2/h6-13,21H,4-5H2,1-3H3/t13-/m0/s1. The number of anilines is 1. The van der Waals surface area contributed by atoms with Crippen molar-refractivity contribution < 1.29 is 4.42 Å². The Morgan fingerprint density at radius 3 is 2.60 bits per heavy atom. The van der Waals surface area contributed by atoms with Crippen molar-refractivity contribution in [3.63, 3.8) is 0 Å². The lowest BCUT2D eigenvalue weighted by Gasteiger charge is -2.12. The first-order chi connectivity index (χ1) is 12.2. The summed E-state index contributed by atoms with van der Waals surface area (Å²) in [4.78, 5) is 0. The maximum atomic E-state index is 5.66. The van der Waals surface area contributed by atoms with E-state index in [0.29, 0.717) is 11.8 Å². The minimum absolute atomic E-state index is 0.0372. The van der Waals surface area contributed by atoms with Gasteiger partial charge in [0.2, 0.25) is 11.8 Å². The van der Waals surface area contributed by atoms with Crippen molar-refractivity contribution in [2.75, 3.05) is 5.32 Å². The molecule has 2 aromatic carbocycles. The number of hydrogen-bond donors (Lipinski definition) is 1. The van der Waals surface area contributed by atoms with E-state index in [2.05, 4.69) is 69.5 Å². The highest BCUT2D eigenvalue weighted by Crippen LogP contribution is 2.31. The van der Waals surface area contributed by atoms with Crippen LogP contribution in [0.1, 0.15) is 38.6 Å². The van der Waals surface area contributed by atoms with Gasteiger partial charge in [0, 0.05) is 40.5 Å². The Balaban J connectivity index is 1.72. The van der Waals surface area contributed by atoms with E-state index in [4.69, 9.17) is 4.42 Å². The van der Waals surface area contributed by atoms with Gasteiger partial charge in [-0.2, -0.15) is 0 Å². The molecule has 0 amide bonds. The van der Waals surface area contributed by atoms with E-state index in [1.54, 1.807) is 0 Å². The van der Waals surface area contributed by atoms with Crippen LogP contribution in [0.15, 0.2) is 46.9 Å². The molecule has 2 heterocycles. The Morgan fingerprint density at radius 1 is 1.04 bits per heavy atom. The molecule has 0 unspecified atom stereocenters. The van der Waals surface area contributed by atoms with Crippen LogP contribution in [0.5, 0.6) is 0 Å². The second-order valence-electron chi connectivity index (χ2n) is 6.25. The van der Waals surface area contributed by atoms with Gasteiger partial charge in [-0.15, -0.1) is 10.2 Å². The van der Waals surface area contributed by atoms with Gasteiger partial charge in [-0.3, -0.25) is 0 Å². The smallest absolute Gasteiger partial charge is 0.238 e. The number of nitrogens with zero attached hydrogens (tertiary/aromatic N) is 3. The molecule has 5 nitrogen and oxygen atoms in total. The van der Waals surface area contributed by atoms with E-state index < -0.39 is 0 Å². The van der Waals surface area contributed by atoms with Crippen LogP contribution in [0.4, 0.5) is 5.69 Å². The third-order valence-electron chi connectivity index (χ3n) is 4.63. The van der Waals surface area contributed by atoms with E-state index in [9.17, 15) is 0 Å². The van der Waals surface area contributed by atoms with Gasteiger partial charge in [-0.25, -0.2) is 0 Å². The Bertz CT molecular complexity index is 1030. The van der Waals surface area contributed by atoms with Crippen molar-refractivity contribution >= 4 is 27.5 Å². The summed E-state index contributed by atoms with van der Waals surface area (Å²) in [7, 11) is 0. The lowest BCUT2D eigenvalue weighted by molar-refractivity contribution is 0.439. The summed E-state index contributed by atoms with van der Waals surface area (Å²) in [5.74, 6) is 1.29. The molecule has 2 aromatic heterocycles. The Hall–Kier alpha value is -2.82. The summed E-state index contributed by atoms with van der Waals surface area (Å²) in [5.41, 5.74) is 3.58. The third kappa shape index (κ3) is 2.65. The molecule has 0 saturated heterocycles. The number of aryl methyl sites for hydroxylation is 2. The number of benzene rings is 2. The van der Waals surface area contributed by atoms with Crippen LogP contribution in [0, 0.1) is 0 Å². The van der Waals surface area contributed by atoms with Crippen molar-refractivity contribution in [1.82, 2.24) is 14.8 Å². The second kappa shape index (κ2) is 6.24. The second-order valence-corrected chi connectivity index (χ2v) is 6.25. The van der Waals surface area contributed by atoms with Gasteiger partial charge in [0.05, 0.1) is 0 Å². The molecular formula is C20H22N4O. The number of nitrogens with one attached hydrogen (secondary N) is 1. The molecular weight excluding hydrogens is 312 g/mol. The SMILES string of the molecule is CCc1nnc([C@H](C)Nc2ccc3c(c2)c2ccccc2n3CC)o1. The van der Waals surface area contributed by atoms with Crippen LogP contribution in [-0.2, 0) is 13.0 Å². The molecule has 0 spiro atoms. The van der Waals surface area contributed by atoms with Crippen LogP contribution in [0.25, 0.3) is 21.8 Å². The molecule has 0 aliphatic heterocycles. The van der Waals surface area contributed by atoms with Crippen LogP contribution < -0.4 is 5.32 Å². The van der Waals surface area contributed by atoms with Crippen molar-refractivity contribution in [2.45, 2.75) is 39.8 Å². The van der Waals surface area contributed by atoms with E-state index >= 15 is 0 Å². The molecule has 5 heteroatoms. The van der Waals surface area contributed by atoms with Crippen molar-refractivity contribution in [2.24, 2.45) is 0 Å². The highest BCUT2D eigenvalue weighted by molar-refractivity contribution is 6.09. The Kier molecular flexibility index (Phi) is 3.92. The highest BCUT2D eigenvalue weighted by atomic mass is 16.4. The summed E-state index contributed by atoms with van der Waals surface area (Å²) < 4.78 is 8.01. The van der Waals surface area contributed by atoms with Crippen molar-refractivity contribution in [3.8, 4) is 0 Å². The van der Waals surface area contributed by atoms with Gasteiger partial charge in [-0.05, 0) is 38.1 Å². The van der Waals surface area contributed by atoms with Crippen LogP contribution in [-0.4, -0.2) is 14.8 Å². The van der Waals surface area contributed by atoms with E-state index in [1.807, 2.05) is 13.8 Å². The van der Waals surface area contributed by atoms with Gasteiger partial charge < -0.3 is 14.3 Å². The van der Waals surface area contributed by atoms with E-state index in [-0.39, 0.29) is 6.04 Å². The van der Waals surface area contributed by atoms with Crippen molar-refractivity contribution in [1.29, 1.82) is 0 Å². The summed E-state index contributed by atoms with van der Waals surface area (Å²) in [6.45, 7) is 7.18. The number of fused-ring (bicyclic) bond motifs is 3. The zero-order valence-corrected chi connectivity index (χ0v) is 14.8. The van der Waals surface area contributed by atoms with Gasteiger partial charge in [0.25, 0.3) is 0 Å². The first-order valence-electron chi connectivity index (χ1n) is 8.81. The number of para-hydroxylation sites is 1. The van der Waals surface area contributed by atoms with E-state index in [0.717, 1.165) is 18.7 Å². The highest BCUT2D eigenvalue weighted by Gasteiger charge is 2.15. The average molecular weight is 334 g/mol. The Morgan fingerprint density at radius 2 is 1.84 bits per heavy atom. The minimum atomic E-state index is -0.0372. The third-order valence-corrected chi connectivity index (χ3v) is 4.63. The molecule has 4 rings (SSSR count). The predicted octanol–water partition coefficient (Wildman–Crippen LogP) is 4.93.